The van der Waals surface area contributed by atoms with Crippen LogP contribution in [0.15, 0.2) is 118 Å². The van der Waals surface area contributed by atoms with Gasteiger partial charge >= 0.3 is 0 Å². The van der Waals surface area contributed by atoms with Crippen LogP contribution in [0, 0.1) is 39.5 Å². The minimum Gasteiger partial charge on any atom is -0.506 e. The Morgan fingerprint density at radius 3 is 1.93 bits per heavy atom. The lowest BCUT2D eigenvalue weighted by Crippen LogP contribution is -2.40. The summed E-state index contributed by atoms with van der Waals surface area (Å²) in [5, 5.41) is 85.3. The third kappa shape index (κ3) is 17.7. The number of aliphatic hydroxyl groups excluding tert-OH is 1. The summed E-state index contributed by atoms with van der Waals surface area (Å²) in [5.74, 6) is 2.22. The third-order valence-corrected chi connectivity index (χ3v) is 25.9. The van der Waals surface area contributed by atoms with E-state index in [-0.39, 0.29) is 47.3 Å². The molecule has 650 valence electrons. The van der Waals surface area contributed by atoms with E-state index in [9.17, 15) is 9.90 Å². The second-order valence-corrected chi connectivity index (χ2v) is 35.4. The van der Waals surface area contributed by atoms with Crippen LogP contribution in [0.3, 0.4) is 0 Å². The Bertz CT molecular complexity index is 5810. The molecule has 14 heterocycles. The SMILES string of the molecule is CCCC1=C(C)c2c(c(OCCN(C)CCOC)cc3[nH]ncc23)NC1c1cn[nH]c1C.CCCC1=C(C)c2c(ccc3[nH]nc(NC(=O)C4CC4)c23)NC1c1cn[nH]c1C.CCCN1CCOCC1.Cc1[nH]ncc1-c1cc(C(C)(C)C)c2c(n1)c(N1CCCCC1)cc1[nH]ncc12.Cc1[nH]ncc1C1NC2=C(C3=C1CCCC3)C1C=NNC1C=C2O. The molecule has 0 bridgehead atoms. The maximum Gasteiger partial charge on any atom is 0.228 e. The number of methoxy groups -OCH3 is 1. The zero-order valence-electron chi connectivity index (χ0n) is 74.1. The summed E-state index contributed by atoms with van der Waals surface area (Å²) in [7, 11) is 3.80. The van der Waals surface area contributed by atoms with Gasteiger partial charge in [0.15, 0.2) is 5.82 Å². The van der Waals surface area contributed by atoms with Crippen molar-refractivity contribution in [1.29, 1.82) is 0 Å². The lowest BCUT2D eigenvalue weighted by Gasteiger charge is -2.40. The topological polar surface area (TPSA) is 361 Å². The van der Waals surface area contributed by atoms with Crippen molar-refractivity contribution in [2.24, 2.45) is 16.9 Å². The molecule has 1 saturated carbocycles. The molecule has 13 N–H and O–H groups in total. The van der Waals surface area contributed by atoms with Gasteiger partial charge in [-0.05, 0) is 213 Å². The minimum atomic E-state index is -0.0295. The van der Waals surface area contributed by atoms with Crippen molar-refractivity contribution in [3.63, 3.8) is 0 Å². The maximum atomic E-state index is 12.4. The van der Waals surface area contributed by atoms with Crippen LogP contribution in [0.25, 0.3) is 66.0 Å². The zero-order valence-corrected chi connectivity index (χ0v) is 74.1. The normalized spacial score (nSPS) is 19.9. The molecule has 123 heavy (non-hydrogen) atoms. The molecule has 2 saturated heterocycles. The smallest absolute Gasteiger partial charge is 0.228 e. The van der Waals surface area contributed by atoms with Crippen molar-refractivity contribution in [3.8, 4) is 17.0 Å². The van der Waals surface area contributed by atoms with Crippen molar-refractivity contribution in [2.75, 3.05) is 107 Å². The number of amides is 1. The number of ether oxygens (including phenoxy) is 3. The summed E-state index contributed by atoms with van der Waals surface area (Å²) in [5.41, 5.74) is 34.2. The van der Waals surface area contributed by atoms with Crippen molar-refractivity contribution < 1.29 is 24.1 Å². The quantitative estimate of drug-likeness (QED) is 0.0337. The number of likely N-dealkylation sites (N-methyl/N-ethyl adjacent to an activating group) is 1. The Kier molecular flexibility index (Phi) is 25.9. The number of H-pyrrole nitrogens is 7. The predicted molar refractivity (Wildman–Crippen MR) is 490 cm³/mol. The summed E-state index contributed by atoms with van der Waals surface area (Å²) >= 11 is 0. The number of nitrogens with zero attached hydrogens (tertiary/aromatic N) is 12. The molecular weight excluding hydrogens is 1550 g/mol. The van der Waals surface area contributed by atoms with E-state index in [1.54, 1.807) is 7.11 Å². The van der Waals surface area contributed by atoms with Crippen LogP contribution in [0.4, 0.5) is 22.9 Å². The average Bonchev–Trinajstić information content (AvgIpc) is 1.67. The molecule has 20 rings (SSSR count). The Labute approximate surface area is 719 Å². The van der Waals surface area contributed by atoms with Gasteiger partial charge in [0, 0.05) is 148 Å². The maximum absolute atomic E-state index is 12.4. The number of carbonyl (C=O) groups is 1. The number of aliphatic hydroxyl groups is 1. The van der Waals surface area contributed by atoms with E-state index in [1.807, 2.05) is 55.5 Å². The van der Waals surface area contributed by atoms with Gasteiger partial charge in [0.05, 0.1) is 131 Å². The number of allylic oxidation sites excluding steroid dienone is 3. The molecule has 29 nitrogen and oxygen atoms in total. The fourth-order valence-corrected chi connectivity index (χ4v) is 19.1. The summed E-state index contributed by atoms with van der Waals surface area (Å²) in [4.78, 5) is 24.7. The molecule has 3 fully saturated rings. The number of nitrogens with one attached hydrogen (secondary N) is 12. The number of benzene rings is 3. The molecule has 11 aromatic rings. The second-order valence-electron chi connectivity index (χ2n) is 35.4. The molecule has 29 heteroatoms. The monoisotopic (exact) mass is 1670 g/mol. The zero-order chi connectivity index (χ0) is 85.7. The minimum absolute atomic E-state index is 0.0295. The van der Waals surface area contributed by atoms with E-state index in [2.05, 4.69) is 232 Å². The van der Waals surface area contributed by atoms with E-state index in [4.69, 9.17) is 19.2 Å². The van der Waals surface area contributed by atoms with Crippen LogP contribution in [0.5, 0.6) is 5.75 Å². The number of dihydropyridines is 1. The van der Waals surface area contributed by atoms with Gasteiger partial charge in [-0.2, -0.15) is 40.8 Å². The molecule has 8 aromatic heterocycles. The van der Waals surface area contributed by atoms with Crippen LogP contribution >= 0.6 is 0 Å². The number of carbonyl (C=O) groups excluding carboxylic acids is 1. The standard InChI is InChI=1S/C24H34N6O2.C23H28N6.C22H26N6O.C18H21N5O.C7H15NO/c1-6-7-17-15(2)22-19-14-26-29-20(19)12-21(32-11-9-30(4)8-10-31-5)24(22)27-23(17)18-13-25-28-16(18)3;1-14-15(12-24-27-14)18-10-17(23(2,3)4)21-16-13-25-28-19(16)11-20(22(21)26-18)29-8-6-5-7-9-29;1-4-5-14-11(2)18-16(24-20(14)15-10-23-26-12(15)3)8-9-17-19(18)21(28-27-17)25-22(29)13-6-7-13;1-9-12(7-19-22-9)17-11-5-3-2-4-10(11)16-13-8-20-23-14(13)6-15(24)18(16)21-17;1-2-3-8-4-6-9-7-5-8/h12-14,23,27H,6-11H2,1-5H3,(H,25,28)(H,26,29);10-13H,5-9H2,1-4H3,(H,24,27)(H,25,28);8-10,13,20,24H,4-7H2,1-3H3,(H,23,26)(H2,25,27,28,29);6-8,13-14,17,21,23-24H,2-5H2,1H3,(H,19,22);2-7H2,1H3. The number of pyridine rings is 1. The highest BCUT2D eigenvalue weighted by Crippen LogP contribution is 2.52. The van der Waals surface area contributed by atoms with Gasteiger partial charge in [0.1, 0.15) is 18.1 Å². The van der Waals surface area contributed by atoms with Gasteiger partial charge in [-0.25, -0.2) is 4.98 Å². The lowest BCUT2D eigenvalue weighted by molar-refractivity contribution is -0.117. The number of piperidine rings is 1. The summed E-state index contributed by atoms with van der Waals surface area (Å²) in [6.45, 7) is 36.6. The molecule has 3 aromatic carbocycles. The van der Waals surface area contributed by atoms with Crippen molar-refractivity contribution in [3.05, 3.63) is 169 Å². The second kappa shape index (κ2) is 37.4. The number of rotatable bonds is 20. The Balaban J connectivity index is 0.000000118. The molecule has 1 amide bonds. The number of aromatic amines is 7. The Morgan fingerprint density at radius 1 is 0.659 bits per heavy atom. The highest BCUT2D eigenvalue weighted by Gasteiger charge is 2.43. The molecule has 9 aliphatic rings. The fourth-order valence-electron chi connectivity index (χ4n) is 19.1. The Hall–Kier alpha value is -11.4. The highest BCUT2D eigenvalue weighted by atomic mass is 16.5. The van der Waals surface area contributed by atoms with Gasteiger partial charge in [-0.3, -0.25) is 45.4 Å². The summed E-state index contributed by atoms with van der Waals surface area (Å²) in [6, 6.07) is 11.0. The van der Waals surface area contributed by atoms with E-state index in [0.29, 0.717) is 24.8 Å². The number of hydrazone groups is 1. The number of morpholine rings is 1. The van der Waals surface area contributed by atoms with Gasteiger partial charge in [0.2, 0.25) is 5.91 Å². The van der Waals surface area contributed by atoms with Crippen LogP contribution in [-0.4, -0.2) is 196 Å². The molecular formula is C94H124N24O5. The van der Waals surface area contributed by atoms with Gasteiger partial charge in [-0.1, -0.05) is 54.4 Å². The molecule has 0 spiro atoms. The van der Waals surface area contributed by atoms with Crippen LogP contribution < -0.4 is 36.3 Å². The van der Waals surface area contributed by atoms with Gasteiger partial charge < -0.3 is 55.8 Å². The molecule has 5 unspecified atom stereocenters. The molecule has 0 radical (unpaired) electrons. The van der Waals surface area contributed by atoms with Gasteiger partial charge in [0.25, 0.3) is 0 Å². The van der Waals surface area contributed by atoms with Crippen LogP contribution in [0.1, 0.15) is 220 Å². The molecule has 6 aliphatic heterocycles. The number of fused-ring (bicyclic) bond motifs is 12. The summed E-state index contributed by atoms with van der Waals surface area (Å²) < 4.78 is 16.7. The Morgan fingerprint density at radius 2 is 1.29 bits per heavy atom. The first kappa shape index (κ1) is 85.2. The summed E-state index contributed by atoms with van der Waals surface area (Å²) in [6.07, 6.45) is 31.1. The highest BCUT2D eigenvalue weighted by molar-refractivity contribution is 6.13. The fraction of sp³-hybridized carbons (Fsp3) is 0.489. The van der Waals surface area contributed by atoms with E-state index in [1.165, 1.54) is 123 Å². The van der Waals surface area contributed by atoms with E-state index < -0.39 is 0 Å². The first-order chi connectivity index (χ1) is 59.7. The number of hydrogen-bond acceptors (Lipinski definition) is 21. The first-order valence-corrected chi connectivity index (χ1v) is 44.6. The molecule has 5 atom stereocenters. The van der Waals surface area contributed by atoms with Crippen LogP contribution in [0.2, 0.25) is 0 Å². The third-order valence-electron chi connectivity index (χ3n) is 25.9. The number of hydrogen-bond donors (Lipinski definition) is 13. The van der Waals surface area contributed by atoms with Crippen molar-refractivity contribution in [2.45, 2.75) is 203 Å². The number of anilines is 4. The van der Waals surface area contributed by atoms with Crippen LogP contribution in [-0.2, 0) is 19.7 Å². The molecule has 3 aliphatic carbocycles. The number of aromatic nitrogens is 15. The average molecular weight is 1670 g/mol. The van der Waals surface area contributed by atoms with E-state index in [0.717, 1.165) is 204 Å². The van der Waals surface area contributed by atoms with Crippen molar-refractivity contribution >= 4 is 89.8 Å². The predicted octanol–water partition coefficient (Wildman–Crippen LogP) is 17.3. The van der Waals surface area contributed by atoms with E-state index >= 15 is 0 Å². The number of aryl methyl sites for hydroxylation is 4. The largest absolute Gasteiger partial charge is 0.506 e. The van der Waals surface area contributed by atoms with Gasteiger partial charge in [-0.15, -0.1) is 0 Å². The lowest BCUT2D eigenvalue weighted by atomic mass is 9.72. The van der Waals surface area contributed by atoms with Crippen molar-refractivity contribution in [1.82, 2.24) is 96.9 Å². The first-order valence-electron chi connectivity index (χ1n) is 44.6.